The Balaban J connectivity index is 2.15. The van der Waals surface area contributed by atoms with Crippen LogP contribution in [0.2, 0.25) is 5.02 Å². The summed E-state index contributed by atoms with van der Waals surface area (Å²) in [6.07, 6.45) is 1.04. The second-order valence-corrected chi connectivity index (χ2v) is 5.11. The summed E-state index contributed by atoms with van der Waals surface area (Å²) in [6, 6.07) is 5.13. The van der Waals surface area contributed by atoms with Gasteiger partial charge < -0.3 is 9.84 Å². The molecule has 1 saturated carbocycles. The van der Waals surface area contributed by atoms with Crippen molar-refractivity contribution in [2.75, 3.05) is 0 Å². The van der Waals surface area contributed by atoms with Crippen molar-refractivity contribution < 1.29 is 14.6 Å². The highest BCUT2D eigenvalue weighted by Crippen LogP contribution is 2.37. The second-order valence-electron chi connectivity index (χ2n) is 3.79. The summed E-state index contributed by atoms with van der Waals surface area (Å²) < 4.78 is 6.27. The Bertz CT molecular complexity index is 418. The summed E-state index contributed by atoms with van der Waals surface area (Å²) in [6.45, 7) is 0. The van der Waals surface area contributed by atoms with Crippen LogP contribution in [0, 0.1) is 5.92 Å². The van der Waals surface area contributed by atoms with E-state index < -0.39 is 12.1 Å². The lowest BCUT2D eigenvalue weighted by molar-refractivity contribution is -0.146. The van der Waals surface area contributed by atoms with Crippen molar-refractivity contribution in [3.05, 3.63) is 27.7 Å². The molecular formula is C11H10BrClO3. The first kappa shape index (κ1) is 11.7. The Hall–Kier alpha value is -0.740. The lowest BCUT2D eigenvalue weighted by atomic mass is 10.2. The van der Waals surface area contributed by atoms with E-state index in [2.05, 4.69) is 15.9 Å². The lowest BCUT2D eigenvalue weighted by Gasteiger charge is -2.15. The summed E-state index contributed by atoms with van der Waals surface area (Å²) in [7, 11) is 0. The van der Waals surface area contributed by atoms with Gasteiger partial charge in [0.2, 0.25) is 0 Å². The van der Waals surface area contributed by atoms with E-state index in [1.807, 2.05) is 0 Å². The molecule has 0 spiro atoms. The van der Waals surface area contributed by atoms with Crippen LogP contribution in [0.1, 0.15) is 12.8 Å². The molecule has 0 amide bonds. The summed E-state index contributed by atoms with van der Waals surface area (Å²) in [5.74, 6) is -0.386. The third-order valence-corrected chi connectivity index (χ3v) is 3.23. The fourth-order valence-electron chi connectivity index (χ4n) is 1.45. The lowest BCUT2D eigenvalue weighted by Crippen LogP contribution is -2.29. The smallest absolute Gasteiger partial charge is 0.345 e. The maximum absolute atomic E-state index is 11.0. The number of hydrogen-bond acceptors (Lipinski definition) is 2. The average Bonchev–Trinajstić information content (AvgIpc) is 2.99. The normalized spacial score (nSPS) is 16.9. The Labute approximate surface area is 106 Å². The Kier molecular flexibility index (Phi) is 3.40. The van der Waals surface area contributed by atoms with E-state index in [9.17, 15) is 4.79 Å². The minimum atomic E-state index is -0.929. The first-order valence-corrected chi connectivity index (χ1v) is 6.09. The van der Waals surface area contributed by atoms with E-state index in [4.69, 9.17) is 21.4 Å². The van der Waals surface area contributed by atoms with Crippen molar-refractivity contribution in [2.24, 2.45) is 5.92 Å². The molecule has 0 radical (unpaired) electrons. The highest BCUT2D eigenvalue weighted by molar-refractivity contribution is 9.10. The van der Waals surface area contributed by atoms with Gasteiger partial charge in [-0.15, -0.1) is 0 Å². The van der Waals surface area contributed by atoms with Gasteiger partial charge >= 0.3 is 5.97 Å². The predicted octanol–water partition coefficient (Wildman–Crippen LogP) is 3.34. The van der Waals surface area contributed by atoms with Gasteiger partial charge in [-0.3, -0.25) is 0 Å². The summed E-state index contributed by atoms with van der Waals surface area (Å²) in [5.41, 5.74) is 0. The van der Waals surface area contributed by atoms with Crippen LogP contribution in [0.4, 0.5) is 0 Å². The number of benzene rings is 1. The minimum absolute atomic E-state index is 0.122. The predicted molar refractivity (Wildman–Crippen MR) is 63.9 cm³/mol. The van der Waals surface area contributed by atoms with Crippen molar-refractivity contribution in [1.82, 2.24) is 0 Å². The third-order valence-electron chi connectivity index (χ3n) is 2.44. The maximum Gasteiger partial charge on any atom is 0.345 e. The maximum atomic E-state index is 11.0. The van der Waals surface area contributed by atoms with Gasteiger partial charge in [-0.05, 0) is 31.0 Å². The molecule has 5 heteroatoms. The van der Waals surface area contributed by atoms with Crippen LogP contribution in [0.5, 0.6) is 5.75 Å². The van der Waals surface area contributed by atoms with Gasteiger partial charge in [-0.1, -0.05) is 27.5 Å². The second kappa shape index (κ2) is 4.63. The molecule has 1 aliphatic rings. The Morgan fingerprint density at radius 3 is 2.75 bits per heavy atom. The highest BCUT2D eigenvalue weighted by atomic mass is 79.9. The van der Waals surface area contributed by atoms with Gasteiger partial charge in [0.05, 0.1) is 5.02 Å². The monoisotopic (exact) mass is 304 g/mol. The summed E-state index contributed by atoms with van der Waals surface area (Å²) in [5, 5.41) is 9.43. The van der Waals surface area contributed by atoms with Gasteiger partial charge in [-0.2, -0.15) is 0 Å². The number of aliphatic carboxylic acids is 1. The van der Waals surface area contributed by atoms with Crippen LogP contribution < -0.4 is 4.74 Å². The Morgan fingerprint density at radius 2 is 2.25 bits per heavy atom. The molecule has 0 aromatic heterocycles. The zero-order valence-electron chi connectivity index (χ0n) is 8.32. The number of carbonyl (C=O) groups is 1. The SMILES string of the molecule is O=C(O)[C@@H](Oc1ccc(Br)cc1Cl)C1CC1. The number of halogens is 2. The molecule has 1 aromatic rings. The molecule has 3 nitrogen and oxygen atoms in total. The number of carboxylic acid groups (broad SMARTS) is 1. The van der Waals surface area contributed by atoms with Gasteiger partial charge in [0.1, 0.15) is 5.75 Å². The third kappa shape index (κ3) is 2.68. The number of rotatable bonds is 4. The summed E-state index contributed by atoms with van der Waals surface area (Å²) >= 11 is 9.23. The van der Waals surface area contributed by atoms with Crippen molar-refractivity contribution in [3.8, 4) is 5.75 Å². The number of carboxylic acids is 1. The molecule has 1 N–H and O–H groups in total. The zero-order valence-corrected chi connectivity index (χ0v) is 10.7. The van der Waals surface area contributed by atoms with Gasteiger partial charge in [0, 0.05) is 10.4 Å². The van der Waals surface area contributed by atoms with Gasteiger partial charge in [0.15, 0.2) is 6.10 Å². The molecular weight excluding hydrogens is 295 g/mol. The van der Waals surface area contributed by atoms with Crippen LogP contribution in [-0.2, 0) is 4.79 Å². The van der Waals surface area contributed by atoms with Crippen LogP contribution in [0.15, 0.2) is 22.7 Å². The largest absolute Gasteiger partial charge is 0.478 e. The number of ether oxygens (including phenoxy) is 1. The van der Waals surface area contributed by atoms with E-state index in [1.54, 1.807) is 18.2 Å². The van der Waals surface area contributed by atoms with Crippen LogP contribution in [0.3, 0.4) is 0 Å². The number of hydrogen-bond donors (Lipinski definition) is 1. The van der Waals surface area contributed by atoms with Gasteiger partial charge in [-0.25, -0.2) is 4.79 Å². The molecule has 1 atom stereocenters. The van der Waals surface area contributed by atoms with Crippen molar-refractivity contribution in [1.29, 1.82) is 0 Å². The molecule has 1 aromatic carbocycles. The first-order chi connectivity index (χ1) is 7.58. The Morgan fingerprint density at radius 1 is 1.56 bits per heavy atom. The molecule has 0 unspecified atom stereocenters. The quantitative estimate of drug-likeness (QED) is 0.928. The molecule has 16 heavy (non-hydrogen) atoms. The van der Waals surface area contributed by atoms with Crippen LogP contribution in [0.25, 0.3) is 0 Å². The highest BCUT2D eigenvalue weighted by Gasteiger charge is 2.38. The standard InChI is InChI=1S/C11H10BrClO3/c12-7-3-4-9(8(13)5-7)16-10(11(14)15)6-1-2-6/h3-6,10H,1-2H2,(H,14,15)/t10-/m0/s1. The molecule has 0 aliphatic heterocycles. The van der Waals surface area contributed by atoms with Crippen molar-refractivity contribution >= 4 is 33.5 Å². The molecule has 86 valence electrons. The van der Waals surface area contributed by atoms with Crippen LogP contribution >= 0.6 is 27.5 Å². The van der Waals surface area contributed by atoms with E-state index >= 15 is 0 Å². The minimum Gasteiger partial charge on any atom is -0.478 e. The van der Waals surface area contributed by atoms with E-state index in [1.165, 1.54) is 0 Å². The molecule has 1 aliphatic carbocycles. The van der Waals surface area contributed by atoms with E-state index in [0.717, 1.165) is 17.3 Å². The summed E-state index contributed by atoms with van der Waals surface area (Å²) in [4.78, 5) is 11.0. The van der Waals surface area contributed by atoms with Crippen molar-refractivity contribution in [3.63, 3.8) is 0 Å². The molecule has 0 saturated heterocycles. The van der Waals surface area contributed by atoms with Crippen LogP contribution in [-0.4, -0.2) is 17.2 Å². The molecule has 0 heterocycles. The topological polar surface area (TPSA) is 46.5 Å². The molecule has 1 fully saturated rings. The molecule has 2 rings (SSSR count). The zero-order chi connectivity index (χ0) is 11.7. The van der Waals surface area contributed by atoms with Crippen molar-refractivity contribution in [2.45, 2.75) is 18.9 Å². The van der Waals surface area contributed by atoms with E-state index in [0.29, 0.717) is 10.8 Å². The van der Waals surface area contributed by atoms with E-state index in [-0.39, 0.29) is 5.92 Å². The molecule has 0 bridgehead atoms. The first-order valence-electron chi connectivity index (χ1n) is 4.92. The fraction of sp³-hybridized carbons (Fsp3) is 0.364. The average molecular weight is 306 g/mol. The fourth-order valence-corrected chi connectivity index (χ4v) is 2.17. The van der Waals surface area contributed by atoms with Gasteiger partial charge in [0.25, 0.3) is 0 Å².